The van der Waals surface area contributed by atoms with Crippen LogP contribution in [0.2, 0.25) is 0 Å². The summed E-state index contributed by atoms with van der Waals surface area (Å²) in [6, 6.07) is 0. The number of nitrogens with one attached hydrogen (secondary N) is 2. The van der Waals surface area contributed by atoms with Gasteiger partial charge >= 0.3 is 0 Å². The first-order valence-electron chi connectivity index (χ1n) is 6.50. The smallest absolute Gasteiger partial charge is 0.204 e. The standard InChI is InChI=1S/C12H19N5S/c1-16-4-6-17(7-5-16)12-14-10-2-3-13-8-9(10)11(18)15-12/h13H,2-8H2,1H3,(H,14,15,18). The molecule has 6 heteroatoms. The predicted molar refractivity (Wildman–Crippen MR) is 74.5 cm³/mol. The number of likely N-dealkylation sites (N-methyl/N-ethyl adjacent to an activating group) is 1. The molecule has 2 aliphatic heterocycles. The van der Waals surface area contributed by atoms with Gasteiger partial charge in [-0.3, -0.25) is 0 Å². The fourth-order valence-corrected chi connectivity index (χ4v) is 2.80. The molecule has 1 saturated heterocycles. The van der Waals surface area contributed by atoms with Crippen molar-refractivity contribution in [3.8, 4) is 0 Å². The van der Waals surface area contributed by atoms with Crippen LogP contribution in [0.4, 0.5) is 5.95 Å². The maximum absolute atomic E-state index is 5.41. The lowest BCUT2D eigenvalue weighted by molar-refractivity contribution is 0.311. The highest BCUT2D eigenvalue weighted by Gasteiger charge is 2.19. The van der Waals surface area contributed by atoms with Gasteiger partial charge < -0.3 is 20.1 Å². The zero-order valence-electron chi connectivity index (χ0n) is 10.7. The lowest BCUT2D eigenvalue weighted by atomic mass is 10.1. The molecule has 3 rings (SSSR count). The van der Waals surface area contributed by atoms with E-state index in [4.69, 9.17) is 12.2 Å². The summed E-state index contributed by atoms with van der Waals surface area (Å²) in [6.07, 6.45) is 1.02. The van der Waals surface area contributed by atoms with Gasteiger partial charge in [0.05, 0.1) is 0 Å². The predicted octanol–water partition coefficient (Wildman–Crippen LogP) is 0.537. The van der Waals surface area contributed by atoms with E-state index < -0.39 is 0 Å². The normalized spacial score (nSPS) is 20.8. The number of rotatable bonds is 1. The van der Waals surface area contributed by atoms with E-state index in [1.807, 2.05) is 0 Å². The third-order valence-electron chi connectivity index (χ3n) is 3.75. The third kappa shape index (κ3) is 2.28. The number of anilines is 1. The Hall–Kier alpha value is -0.980. The average molecular weight is 265 g/mol. The number of H-pyrrole nitrogens is 1. The molecule has 1 aromatic heterocycles. The minimum Gasteiger partial charge on any atom is -0.340 e. The third-order valence-corrected chi connectivity index (χ3v) is 4.09. The lowest BCUT2D eigenvalue weighted by Crippen LogP contribution is -2.45. The van der Waals surface area contributed by atoms with Gasteiger partial charge in [-0.15, -0.1) is 0 Å². The van der Waals surface area contributed by atoms with Crippen LogP contribution in [0.25, 0.3) is 0 Å². The molecule has 0 aromatic carbocycles. The van der Waals surface area contributed by atoms with Crippen LogP contribution in [0.15, 0.2) is 0 Å². The average Bonchev–Trinajstić information content (AvgIpc) is 2.39. The number of nitrogens with zero attached hydrogens (tertiary/aromatic N) is 3. The molecule has 2 N–H and O–H groups in total. The van der Waals surface area contributed by atoms with E-state index in [0.29, 0.717) is 0 Å². The van der Waals surface area contributed by atoms with Gasteiger partial charge in [0.2, 0.25) is 5.95 Å². The van der Waals surface area contributed by atoms with Crippen LogP contribution in [-0.4, -0.2) is 54.6 Å². The fourth-order valence-electron chi connectivity index (χ4n) is 2.52. The first-order valence-corrected chi connectivity index (χ1v) is 6.91. The van der Waals surface area contributed by atoms with Crippen molar-refractivity contribution in [2.45, 2.75) is 13.0 Å². The zero-order chi connectivity index (χ0) is 12.5. The van der Waals surface area contributed by atoms with E-state index in [1.165, 1.54) is 11.3 Å². The van der Waals surface area contributed by atoms with Gasteiger partial charge in [-0.05, 0) is 7.05 Å². The second kappa shape index (κ2) is 4.95. The van der Waals surface area contributed by atoms with Crippen molar-refractivity contribution < 1.29 is 0 Å². The zero-order valence-corrected chi connectivity index (χ0v) is 11.5. The maximum atomic E-state index is 5.41. The molecular formula is C12H19N5S. The second-order valence-corrected chi connectivity index (χ2v) is 5.43. The molecule has 1 fully saturated rings. The number of hydrogen-bond donors (Lipinski definition) is 2. The van der Waals surface area contributed by atoms with Gasteiger partial charge in [-0.25, -0.2) is 4.98 Å². The molecule has 0 spiro atoms. The lowest BCUT2D eigenvalue weighted by Gasteiger charge is -2.33. The molecule has 0 saturated carbocycles. The van der Waals surface area contributed by atoms with Gasteiger partial charge in [-0.2, -0.15) is 0 Å². The van der Waals surface area contributed by atoms with E-state index in [2.05, 4.69) is 32.1 Å². The summed E-state index contributed by atoms with van der Waals surface area (Å²) in [7, 11) is 2.16. The van der Waals surface area contributed by atoms with E-state index in [-0.39, 0.29) is 0 Å². The summed E-state index contributed by atoms with van der Waals surface area (Å²) in [5.74, 6) is 0.953. The van der Waals surface area contributed by atoms with E-state index >= 15 is 0 Å². The highest BCUT2D eigenvalue weighted by Crippen LogP contribution is 2.17. The maximum Gasteiger partial charge on any atom is 0.204 e. The van der Waals surface area contributed by atoms with E-state index in [1.54, 1.807) is 0 Å². The Kier molecular flexibility index (Phi) is 3.32. The van der Waals surface area contributed by atoms with Crippen LogP contribution in [0.5, 0.6) is 0 Å². The largest absolute Gasteiger partial charge is 0.340 e. The van der Waals surface area contributed by atoms with Crippen LogP contribution in [-0.2, 0) is 13.0 Å². The molecule has 3 heterocycles. The molecule has 0 amide bonds. The van der Waals surface area contributed by atoms with Crippen LogP contribution in [0.3, 0.4) is 0 Å². The van der Waals surface area contributed by atoms with Crippen molar-refractivity contribution >= 4 is 18.2 Å². The first kappa shape index (κ1) is 12.1. The Morgan fingerprint density at radius 1 is 1.22 bits per heavy atom. The minimum absolute atomic E-state index is 0.755. The Morgan fingerprint density at radius 2 is 2.00 bits per heavy atom. The van der Waals surface area contributed by atoms with Gasteiger partial charge in [0.1, 0.15) is 4.64 Å². The van der Waals surface area contributed by atoms with Gasteiger partial charge in [0.15, 0.2) is 0 Å². The van der Waals surface area contributed by atoms with Gasteiger partial charge in [-0.1, -0.05) is 12.2 Å². The Morgan fingerprint density at radius 3 is 2.78 bits per heavy atom. The number of fused-ring (bicyclic) bond motifs is 1. The van der Waals surface area contributed by atoms with E-state index in [0.717, 1.165) is 56.3 Å². The Bertz CT molecular complexity index is 490. The highest BCUT2D eigenvalue weighted by atomic mass is 32.1. The summed E-state index contributed by atoms with van der Waals surface area (Å²) in [6.45, 7) is 6.07. The van der Waals surface area contributed by atoms with Gasteiger partial charge in [0.25, 0.3) is 0 Å². The topological polar surface area (TPSA) is 47.2 Å². The highest BCUT2D eigenvalue weighted by molar-refractivity contribution is 7.71. The van der Waals surface area contributed by atoms with Crippen molar-refractivity contribution in [1.82, 2.24) is 20.2 Å². The molecule has 0 radical (unpaired) electrons. The van der Waals surface area contributed by atoms with Crippen molar-refractivity contribution in [2.75, 3.05) is 44.7 Å². The summed E-state index contributed by atoms with van der Waals surface area (Å²) in [5.41, 5.74) is 2.44. The summed E-state index contributed by atoms with van der Waals surface area (Å²) in [4.78, 5) is 12.7. The molecular weight excluding hydrogens is 246 g/mol. The summed E-state index contributed by atoms with van der Waals surface area (Å²) in [5, 5.41) is 3.34. The molecule has 0 aliphatic carbocycles. The SMILES string of the molecule is CN1CCN(c2nc(=S)c3c([nH]2)CCNC3)CC1. The molecule has 5 nitrogen and oxygen atoms in total. The molecule has 0 atom stereocenters. The molecule has 1 aromatic rings. The second-order valence-electron chi connectivity index (χ2n) is 5.04. The molecule has 98 valence electrons. The first-order chi connectivity index (χ1) is 8.74. The van der Waals surface area contributed by atoms with Crippen LogP contribution in [0.1, 0.15) is 11.3 Å². The number of piperazine rings is 1. The van der Waals surface area contributed by atoms with E-state index in [9.17, 15) is 0 Å². The number of aromatic nitrogens is 2. The molecule has 2 aliphatic rings. The molecule has 18 heavy (non-hydrogen) atoms. The van der Waals surface area contributed by atoms with Crippen LogP contribution in [0, 0.1) is 4.64 Å². The quantitative estimate of drug-likeness (QED) is 0.726. The number of hydrogen-bond acceptors (Lipinski definition) is 5. The number of aromatic amines is 1. The molecule has 0 bridgehead atoms. The Balaban J connectivity index is 1.89. The minimum atomic E-state index is 0.755. The monoisotopic (exact) mass is 265 g/mol. The Labute approximate surface area is 112 Å². The fraction of sp³-hybridized carbons (Fsp3) is 0.667. The van der Waals surface area contributed by atoms with Gasteiger partial charge in [0, 0.05) is 56.9 Å². The van der Waals surface area contributed by atoms with Crippen molar-refractivity contribution in [3.63, 3.8) is 0 Å². The van der Waals surface area contributed by atoms with Crippen molar-refractivity contribution in [1.29, 1.82) is 0 Å². The summed E-state index contributed by atoms with van der Waals surface area (Å²) >= 11 is 5.41. The van der Waals surface area contributed by atoms with Crippen molar-refractivity contribution in [3.05, 3.63) is 15.9 Å². The van der Waals surface area contributed by atoms with Crippen LogP contribution >= 0.6 is 12.2 Å². The molecule has 0 unspecified atom stereocenters. The van der Waals surface area contributed by atoms with Crippen molar-refractivity contribution in [2.24, 2.45) is 0 Å². The van der Waals surface area contributed by atoms with Crippen LogP contribution < -0.4 is 10.2 Å². The summed E-state index contributed by atoms with van der Waals surface area (Å²) < 4.78 is 0.755.